The van der Waals surface area contributed by atoms with Crippen LogP contribution in [-0.4, -0.2) is 54.6 Å². The lowest BCUT2D eigenvalue weighted by Gasteiger charge is -2.25. The number of amides is 2. The van der Waals surface area contributed by atoms with Crippen LogP contribution in [-0.2, 0) is 6.54 Å². The first kappa shape index (κ1) is 18.7. The van der Waals surface area contributed by atoms with Gasteiger partial charge in [0, 0.05) is 43.8 Å². The first-order valence-electron chi connectivity index (χ1n) is 8.41. The molecule has 1 heterocycles. The van der Waals surface area contributed by atoms with Gasteiger partial charge in [-0.15, -0.1) is 0 Å². The summed E-state index contributed by atoms with van der Waals surface area (Å²) >= 11 is 0. The van der Waals surface area contributed by atoms with Crippen molar-refractivity contribution in [3.8, 4) is 5.75 Å². The van der Waals surface area contributed by atoms with Crippen molar-refractivity contribution in [2.45, 2.75) is 13.5 Å². The summed E-state index contributed by atoms with van der Waals surface area (Å²) in [6.45, 7) is 4.44. The van der Waals surface area contributed by atoms with Crippen LogP contribution in [0.2, 0.25) is 0 Å². The maximum absolute atomic E-state index is 12.7. The molecule has 0 saturated heterocycles. The summed E-state index contributed by atoms with van der Waals surface area (Å²) in [6, 6.07) is 11.1. The van der Waals surface area contributed by atoms with E-state index in [0.717, 1.165) is 23.5 Å². The molecule has 0 aliphatic heterocycles. The van der Waals surface area contributed by atoms with Crippen LogP contribution in [0.1, 0.15) is 12.5 Å². The van der Waals surface area contributed by atoms with Gasteiger partial charge in [-0.25, -0.2) is 4.79 Å². The Bertz CT molecular complexity index is 661. The topological polar surface area (TPSA) is 57.7 Å². The number of hydrogen-bond donors (Lipinski definition) is 1. The minimum absolute atomic E-state index is 0.139. The number of rotatable bonds is 8. The zero-order valence-corrected chi connectivity index (χ0v) is 15.1. The summed E-state index contributed by atoms with van der Waals surface area (Å²) < 4.78 is 5.48. The van der Waals surface area contributed by atoms with Gasteiger partial charge in [-0.3, -0.25) is 4.98 Å². The van der Waals surface area contributed by atoms with E-state index in [9.17, 15) is 4.79 Å². The standard InChI is InChI=1S/C19H26N4O2/c1-4-25-18-9-5-8-17(13-18)21-19(24)23(12-11-22(2)3)15-16-7-6-10-20-14-16/h5-10,13-14H,4,11-12,15H2,1-3H3,(H,21,24). The number of hydrogen-bond acceptors (Lipinski definition) is 4. The first-order chi connectivity index (χ1) is 12.1. The molecule has 0 atom stereocenters. The molecule has 6 heteroatoms. The van der Waals surface area contributed by atoms with Crippen molar-refractivity contribution < 1.29 is 9.53 Å². The highest BCUT2D eigenvalue weighted by molar-refractivity contribution is 5.89. The molecule has 134 valence electrons. The number of pyridine rings is 1. The molecule has 1 aromatic heterocycles. The molecule has 2 rings (SSSR count). The smallest absolute Gasteiger partial charge is 0.322 e. The molecule has 0 spiro atoms. The molecule has 2 amide bonds. The zero-order valence-electron chi connectivity index (χ0n) is 15.1. The summed E-state index contributed by atoms with van der Waals surface area (Å²) in [7, 11) is 3.98. The first-order valence-corrected chi connectivity index (χ1v) is 8.41. The Labute approximate surface area is 149 Å². The van der Waals surface area contributed by atoms with E-state index >= 15 is 0 Å². The van der Waals surface area contributed by atoms with Gasteiger partial charge in [0.25, 0.3) is 0 Å². The molecule has 0 aliphatic carbocycles. The Balaban J connectivity index is 2.07. The van der Waals surface area contributed by atoms with Gasteiger partial charge in [-0.05, 0) is 44.8 Å². The number of benzene rings is 1. The van der Waals surface area contributed by atoms with Gasteiger partial charge in [0.1, 0.15) is 5.75 Å². The SMILES string of the molecule is CCOc1cccc(NC(=O)N(CCN(C)C)Cc2cccnc2)c1. The Morgan fingerprint density at radius 2 is 2.04 bits per heavy atom. The molecule has 6 nitrogen and oxygen atoms in total. The zero-order chi connectivity index (χ0) is 18.1. The second-order valence-electron chi connectivity index (χ2n) is 5.98. The predicted octanol–water partition coefficient (Wildman–Crippen LogP) is 3.08. The summed E-state index contributed by atoms with van der Waals surface area (Å²) in [5, 5.41) is 2.95. The molecule has 0 aliphatic rings. The lowest BCUT2D eigenvalue weighted by atomic mass is 10.2. The van der Waals surface area contributed by atoms with E-state index in [1.807, 2.05) is 57.4 Å². The van der Waals surface area contributed by atoms with Gasteiger partial charge in [-0.2, -0.15) is 0 Å². The number of urea groups is 1. The lowest BCUT2D eigenvalue weighted by molar-refractivity contribution is 0.202. The van der Waals surface area contributed by atoms with Crippen LogP contribution in [0.4, 0.5) is 10.5 Å². The maximum Gasteiger partial charge on any atom is 0.322 e. The Kier molecular flexibility index (Phi) is 7.22. The van der Waals surface area contributed by atoms with E-state index in [4.69, 9.17) is 4.74 Å². The van der Waals surface area contributed by atoms with Gasteiger partial charge < -0.3 is 19.9 Å². The summed E-state index contributed by atoms with van der Waals surface area (Å²) in [6.07, 6.45) is 3.51. The van der Waals surface area contributed by atoms with Gasteiger partial charge in [0.05, 0.1) is 6.61 Å². The molecule has 1 aromatic carbocycles. The molecule has 0 bridgehead atoms. The van der Waals surface area contributed by atoms with Crippen LogP contribution in [0, 0.1) is 0 Å². The predicted molar refractivity (Wildman–Crippen MR) is 99.8 cm³/mol. The number of nitrogens with one attached hydrogen (secondary N) is 1. The summed E-state index contributed by atoms with van der Waals surface area (Å²) in [5.74, 6) is 0.743. The number of ether oxygens (including phenoxy) is 1. The minimum Gasteiger partial charge on any atom is -0.494 e. The van der Waals surface area contributed by atoms with Gasteiger partial charge in [0.15, 0.2) is 0 Å². The van der Waals surface area contributed by atoms with Gasteiger partial charge >= 0.3 is 6.03 Å². The highest BCUT2D eigenvalue weighted by Gasteiger charge is 2.15. The van der Waals surface area contributed by atoms with E-state index in [1.54, 1.807) is 17.3 Å². The number of likely N-dealkylation sites (N-methyl/N-ethyl adjacent to an activating group) is 1. The van der Waals surface area contributed by atoms with Gasteiger partial charge in [-0.1, -0.05) is 12.1 Å². The Morgan fingerprint density at radius 1 is 1.20 bits per heavy atom. The fourth-order valence-electron chi connectivity index (χ4n) is 2.32. The molecule has 25 heavy (non-hydrogen) atoms. The van der Waals surface area contributed by atoms with Gasteiger partial charge in [0.2, 0.25) is 0 Å². The van der Waals surface area contributed by atoms with Crippen LogP contribution in [0.5, 0.6) is 5.75 Å². The van der Waals surface area contributed by atoms with E-state index in [1.165, 1.54) is 0 Å². The van der Waals surface area contributed by atoms with Crippen molar-refractivity contribution in [3.63, 3.8) is 0 Å². The van der Waals surface area contributed by atoms with Crippen LogP contribution in [0.3, 0.4) is 0 Å². The molecule has 1 N–H and O–H groups in total. The molecule has 0 unspecified atom stereocenters. The van der Waals surface area contributed by atoms with Crippen LogP contribution in [0.25, 0.3) is 0 Å². The molecular weight excluding hydrogens is 316 g/mol. The molecule has 0 fully saturated rings. The second-order valence-corrected chi connectivity index (χ2v) is 5.98. The van der Waals surface area contributed by atoms with Crippen molar-refractivity contribution in [2.24, 2.45) is 0 Å². The average Bonchev–Trinajstić information content (AvgIpc) is 2.60. The normalized spacial score (nSPS) is 10.6. The summed E-state index contributed by atoms with van der Waals surface area (Å²) in [4.78, 5) is 20.7. The number of nitrogens with zero attached hydrogens (tertiary/aromatic N) is 3. The van der Waals surface area contributed by atoms with Crippen molar-refractivity contribution >= 4 is 11.7 Å². The molecule has 0 radical (unpaired) electrons. The van der Waals surface area contributed by atoms with E-state index in [0.29, 0.717) is 19.7 Å². The largest absolute Gasteiger partial charge is 0.494 e. The van der Waals surface area contributed by atoms with E-state index < -0.39 is 0 Å². The van der Waals surface area contributed by atoms with E-state index in [2.05, 4.69) is 15.2 Å². The Hall–Kier alpha value is -2.60. The third-order valence-corrected chi connectivity index (χ3v) is 3.60. The van der Waals surface area contributed by atoms with Crippen molar-refractivity contribution in [1.29, 1.82) is 0 Å². The third kappa shape index (κ3) is 6.43. The van der Waals surface area contributed by atoms with Crippen molar-refractivity contribution in [2.75, 3.05) is 39.1 Å². The van der Waals surface area contributed by atoms with Crippen LogP contribution in [0.15, 0.2) is 48.8 Å². The summed E-state index contributed by atoms with van der Waals surface area (Å²) in [5.41, 5.74) is 1.72. The van der Waals surface area contributed by atoms with Crippen LogP contribution < -0.4 is 10.1 Å². The lowest BCUT2D eigenvalue weighted by Crippen LogP contribution is -2.39. The maximum atomic E-state index is 12.7. The fourth-order valence-corrected chi connectivity index (χ4v) is 2.32. The van der Waals surface area contributed by atoms with Crippen molar-refractivity contribution in [3.05, 3.63) is 54.4 Å². The number of anilines is 1. The fraction of sp³-hybridized carbons (Fsp3) is 0.368. The van der Waals surface area contributed by atoms with Crippen LogP contribution >= 0.6 is 0 Å². The second kappa shape index (κ2) is 9.64. The highest BCUT2D eigenvalue weighted by Crippen LogP contribution is 2.18. The molecule has 2 aromatic rings. The third-order valence-electron chi connectivity index (χ3n) is 3.60. The van der Waals surface area contributed by atoms with E-state index in [-0.39, 0.29) is 6.03 Å². The number of aromatic nitrogens is 1. The molecular formula is C19H26N4O2. The average molecular weight is 342 g/mol. The number of carbonyl (C=O) groups is 1. The highest BCUT2D eigenvalue weighted by atomic mass is 16.5. The van der Waals surface area contributed by atoms with Crippen molar-refractivity contribution in [1.82, 2.24) is 14.8 Å². The Morgan fingerprint density at radius 3 is 2.72 bits per heavy atom. The number of carbonyl (C=O) groups excluding carboxylic acids is 1. The monoisotopic (exact) mass is 342 g/mol. The molecule has 0 saturated carbocycles. The quantitative estimate of drug-likeness (QED) is 0.801. The minimum atomic E-state index is -0.139.